The summed E-state index contributed by atoms with van der Waals surface area (Å²) in [5.41, 5.74) is 22.4. The van der Waals surface area contributed by atoms with Crippen LogP contribution in [0.25, 0.3) is 0 Å². The number of aliphatic imine (C=N–C) groups is 2. The first kappa shape index (κ1) is 62.3. The van der Waals surface area contributed by atoms with Gasteiger partial charge in [0, 0.05) is 40.0 Å². The number of rotatable bonds is 30. The molecular formula is C46H70N12O18. The number of aliphatic hydroxyl groups excluding tert-OH is 4. The van der Waals surface area contributed by atoms with Crippen LogP contribution in [0, 0.1) is 0 Å². The average molecular weight is 1080 g/mol. The average Bonchev–Trinajstić information content (AvgIpc) is 3.36. The van der Waals surface area contributed by atoms with Crippen LogP contribution in [-0.2, 0) is 38.1 Å². The molecule has 76 heavy (non-hydrogen) atoms. The normalized spacial score (nSPS) is 20.3. The molecule has 422 valence electrons. The van der Waals surface area contributed by atoms with Gasteiger partial charge in [-0.3, -0.25) is 19.2 Å². The first-order valence-electron chi connectivity index (χ1n) is 24.2. The number of aliphatic carboxylic acids is 2. The maximum Gasteiger partial charge on any atom is 0.407 e. The Hall–Kier alpha value is -7.96. The number of alkyl carbamates (subject to hydrolysis) is 2. The molecule has 3 rings (SSSR count). The third kappa shape index (κ3) is 20.4. The van der Waals surface area contributed by atoms with Crippen LogP contribution in [0.5, 0.6) is 0 Å². The highest BCUT2D eigenvalue weighted by Gasteiger charge is 2.48. The number of aliphatic hydroxyl groups is 4. The summed E-state index contributed by atoms with van der Waals surface area (Å²) >= 11 is 0. The summed E-state index contributed by atoms with van der Waals surface area (Å²) in [5, 5.41) is 75.6. The van der Waals surface area contributed by atoms with Gasteiger partial charge in [-0.05, 0) is 50.0 Å². The first-order chi connectivity index (χ1) is 36.1. The predicted molar refractivity (Wildman–Crippen MR) is 266 cm³/mol. The van der Waals surface area contributed by atoms with E-state index >= 15 is 0 Å². The van der Waals surface area contributed by atoms with Gasteiger partial charge in [-0.1, -0.05) is 37.8 Å². The number of ether oxygens (including phenoxy) is 4. The van der Waals surface area contributed by atoms with Gasteiger partial charge < -0.3 is 104 Å². The standard InChI is InChI=1S/C46H70N12O18/c1-23(61)55-33-27(57-43(47)48)19-31(41(67)68)73-37(33)35(29(63)21-59)75-45(71)53-17-11-5-3-9-15-51-39(65)25-13-7-8-14-26(25)40(66)52-16-10-4-6-12-18-54-46(72)76-36(30(64)22-60)38-34(56-24(2)62)28(58-44(49)50)20-32(74-38)42(69)70/h7-8,13-14,19-20,27-30,33-38,59-60,63-64H,3-6,9-12,15-18,21-22H2,1-2H3,(H,51,65)(H,52,66)(H,53,71)(H,54,72)(H,55,61)(H,56,62)(H,67,68)(H,69,70)(H4,47,48,57)(H4,49,50,58)/t27-,28-,29+,30+,33+,34+,35+,36+,37+,38+/m0/s1. The highest BCUT2D eigenvalue weighted by Crippen LogP contribution is 2.28. The molecule has 0 aliphatic carbocycles. The number of guanidine groups is 2. The molecule has 1 aromatic carbocycles. The van der Waals surface area contributed by atoms with Crippen molar-refractivity contribution >= 4 is 59.7 Å². The molecule has 10 atom stereocenters. The number of carbonyl (C=O) groups is 8. The zero-order chi connectivity index (χ0) is 56.5. The zero-order valence-corrected chi connectivity index (χ0v) is 41.9. The van der Waals surface area contributed by atoms with Gasteiger partial charge in [-0.2, -0.15) is 0 Å². The van der Waals surface area contributed by atoms with Crippen molar-refractivity contribution < 1.29 is 87.9 Å². The fourth-order valence-electron chi connectivity index (χ4n) is 7.92. The van der Waals surface area contributed by atoms with E-state index in [4.69, 9.17) is 41.9 Å². The predicted octanol–water partition coefficient (Wildman–Crippen LogP) is -3.81. The molecule has 30 nitrogen and oxygen atoms in total. The van der Waals surface area contributed by atoms with Crippen molar-refractivity contribution in [2.75, 3.05) is 39.4 Å². The second-order valence-electron chi connectivity index (χ2n) is 17.4. The number of carbonyl (C=O) groups excluding carboxylic acids is 6. The molecule has 0 radical (unpaired) electrons. The maximum absolute atomic E-state index is 13.1. The zero-order valence-electron chi connectivity index (χ0n) is 41.9. The van der Waals surface area contributed by atoms with E-state index in [2.05, 4.69) is 41.9 Å². The molecule has 0 unspecified atom stereocenters. The van der Waals surface area contributed by atoms with Gasteiger partial charge in [0.2, 0.25) is 23.3 Å². The number of amides is 6. The van der Waals surface area contributed by atoms with E-state index in [0.717, 1.165) is 26.0 Å². The molecule has 20 N–H and O–H groups in total. The Kier molecular flexibility index (Phi) is 26.0. The fraction of sp³-hybridized carbons (Fsp3) is 0.565. The molecule has 6 amide bonds. The van der Waals surface area contributed by atoms with Gasteiger partial charge in [-0.25, -0.2) is 29.2 Å². The minimum Gasteiger partial charge on any atom is -0.477 e. The summed E-state index contributed by atoms with van der Waals surface area (Å²) in [7, 11) is 0. The molecule has 0 aromatic heterocycles. The Morgan fingerprint density at radius 3 is 1.18 bits per heavy atom. The second kappa shape index (κ2) is 31.7. The van der Waals surface area contributed by atoms with Crippen molar-refractivity contribution in [2.24, 2.45) is 32.9 Å². The van der Waals surface area contributed by atoms with Gasteiger partial charge in [0.15, 0.2) is 36.3 Å². The van der Waals surface area contributed by atoms with E-state index in [0.29, 0.717) is 51.4 Å². The minimum atomic E-state index is -1.79. The van der Waals surface area contributed by atoms with Gasteiger partial charge in [-0.15, -0.1) is 0 Å². The third-order valence-corrected chi connectivity index (χ3v) is 11.4. The number of carboxylic acid groups (broad SMARTS) is 2. The number of nitrogens with zero attached hydrogens (tertiary/aromatic N) is 2. The maximum atomic E-state index is 13.1. The van der Waals surface area contributed by atoms with Crippen molar-refractivity contribution in [3.05, 3.63) is 59.1 Å². The van der Waals surface area contributed by atoms with Crippen molar-refractivity contribution in [3.8, 4) is 0 Å². The lowest BCUT2D eigenvalue weighted by atomic mass is 9.92. The molecular weight excluding hydrogens is 1010 g/mol. The lowest BCUT2D eigenvalue weighted by Gasteiger charge is -2.39. The molecule has 2 heterocycles. The largest absolute Gasteiger partial charge is 0.477 e. The van der Waals surface area contributed by atoms with Gasteiger partial charge in [0.1, 0.15) is 12.2 Å². The number of unbranched alkanes of at least 4 members (excludes halogenated alkanes) is 6. The molecule has 0 saturated heterocycles. The molecule has 0 spiro atoms. The van der Waals surface area contributed by atoms with Crippen LogP contribution < -0.4 is 54.8 Å². The highest BCUT2D eigenvalue weighted by atomic mass is 16.6. The Morgan fingerprint density at radius 1 is 0.566 bits per heavy atom. The lowest BCUT2D eigenvalue weighted by molar-refractivity contribution is -0.147. The van der Waals surface area contributed by atoms with Crippen molar-refractivity contribution in [3.63, 3.8) is 0 Å². The Bertz CT molecular complexity index is 2140. The van der Waals surface area contributed by atoms with Crippen molar-refractivity contribution in [2.45, 2.75) is 126 Å². The van der Waals surface area contributed by atoms with Crippen LogP contribution in [0.4, 0.5) is 9.59 Å². The van der Waals surface area contributed by atoms with Crippen LogP contribution in [0.3, 0.4) is 0 Å². The van der Waals surface area contributed by atoms with Gasteiger partial charge >= 0.3 is 24.1 Å². The summed E-state index contributed by atoms with van der Waals surface area (Å²) in [6.07, 6.45) is -5.70. The van der Waals surface area contributed by atoms with Crippen LogP contribution in [0.1, 0.15) is 85.9 Å². The Morgan fingerprint density at radius 2 is 0.895 bits per heavy atom. The molecule has 0 fully saturated rings. The number of carboxylic acids is 2. The van der Waals surface area contributed by atoms with Crippen LogP contribution in [0.2, 0.25) is 0 Å². The summed E-state index contributed by atoms with van der Waals surface area (Å²) in [4.78, 5) is 108. The molecule has 2 aliphatic heterocycles. The first-order valence-corrected chi connectivity index (χ1v) is 24.2. The second-order valence-corrected chi connectivity index (χ2v) is 17.4. The molecule has 0 saturated carbocycles. The number of nitrogens with two attached hydrogens (primary N) is 4. The SMILES string of the molecule is CC(=O)N[C@H]1[C@H]([C@H](OC(=O)NCCCCCCNC(=O)c2ccccc2C(=O)NCCCCCCNC(=O)O[C@@H]([C@@H]2OC(C(=O)O)=C[C@H](N=C(N)N)[C@H]2NC(C)=O)[C@H](O)CO)[C@H](O)CO)OC(C(=O)O)=C[C@@H]1N=C(N)N. The van der Waals surface area contributed by atoms with E-state index < -0.39 is 145 Å². The summed E-state index contributed by atoms with van der Waals surface area (Å²) in [6.45, 7) is 1.18. The van der Waals surface area contributed by atoms with E-state index in [1.807, 2.05) is 0 Å². The monoisotopic (exact) mass is 1080 g/mol. The van der Waals surface area contributed by atoms with Gasteiger partial charge in [0.25, 0.3) is 11.8 Å². The van der Waals surface area contributed by atoms with Gasteiger partial charge in [0.05, 0.1) is 48.5 Å². The van der Waals surface area contributed by atoms with Crippen LogP contribution >= 0.6 is 0 Å². The Balaban J connectivity index is 1.39. The fourth-order valence-corrected chi connectivity index (χ4v) is 7.92. The molecule has 2 aliphatic rings. The Labute approximate surface area is 436 Å². The third-order valence-electron chi connectivity index (χ3n) is 11.4. The number of benzene rings is 1. The van der Waals surface area contributed by atoms with Crippen LogP contribution in [-0.4, -0.2) is 190 Å². The number of hydrogen-bond acceptors (Lipinski definition) is 18. The smallest absolute Gasteiger partial charge is 0.407 e. The van der Waals surface area contributed by atoms with Crippen LogP contribution in [0.15, 0.2) is 57.9 Å². The topological polar surface area (TPSA) is 496 Å². The summed E-state index contributed by atoms with van der Waals surface area (Å²) in [5.74, 6) is -7.47. The minimum absolute atomic E-state index is 0.103. The van der Waals surface area contributed by atoms with E-state index in [1.54, 1.807) is 12.1 Å². The highest BCUT2D eigenvalue weighted by molar-refractivity contribution is 6.07. The number of nitrogens with one attached hydrogen (secondary N) is 6. The quantitative estimate of drug-likeness (QED) is 0.0199. The molecule has 30 heteroatoms. The number of hydrogen-bond donors (Lipinski definition) is 16. The summed E-state index contributed by atoms with van der Waals surface area (Å²) in [6, 6.07) is 1.37. The van der Waals surface area contributed by atoms with E-state index in [1.165, 1.54) is 12.1 Å². The lowest BCUT2D eigenvalue weighted by Crippen LogP contribution is -2.61. The summed E-state index contributed by atoms with van der Waals surface area (Å²) < 4.78 is 21.8. The van der Waals surface area contributed by atoms with E-state index in [-0.39, 0.29) is 37.3 Å². The van der Waals surface area contributed by atoms with E-state index in [9.17, 15) is 69.0 Å². The van der Waals surface area contributed by atoms with Crippen molar-refractivity contribution in [1.29, 1.82) is 0 Å². The molecule has 0 bridgehead atoms. The van der Waals surface area contributed by atoms with Crippen molar-refractivity contribution in [1.82, 2.24) is 31.9 Å². The molecule has 1 aromatic rings.